The monoisotopic (exact) mass is 314 g/mol. The molecule has 0 aliphatic carbocycles. The zero-order valence-corrected chi connectivity index (χ0v) is 13.4. The fourth-order valence-electron chi connectivity index (χ4n) is 2.57. The van der Waals surface area contributed by atoms with Crippen molar-refractivity contribution in [3.63, 3.8) is 0 Å². The second-order valence-corrected chi connectivity index (χ2v) is 5.85. The molecule has 2 atom stereocenters. The van der Waals surface area contributed by atoms with Gasteiger partial charge in [0.2, 0.25) is 0 Å². The Kier molecular flexibility index (Phi) is 5.21. The van der Waals surface area contributed by atoms with Gasteiger partial charge >= 0.3 is 5.97 Å². The molecule has 5 heteroatoms. The molecule has 0 aliphatic rings. The molecule has 1 amide bonds. The van der Waals surface area contributed by atoms with E-state index in [4.69, 9.17) is 10.8 Å². The molecule has 5 nitrogen and oxygen atoms in total. The zero-order chi connectivity index (χ0) is 17.0. The standard InChI is InChI=1S/C18H22N2O3/c1-3-11(2)16(10-17(21)22)20-18(23)14-8-12-6-4-5-7-13(12)9-15(14)19/h4-9,11,16H,3,10,19H2,1-2H3,(H,20,23)(H,21,22)/t11?,16-/m1/s1. The average molecular weight is 314 g/mol. The number of carbonyl (C=O) groups excluding carboxylic acids is 1. The van der Waals surface area contributed by atoms with Crippen LogP contribution in [0.3, 0.4) is 0 Å². The van der Waals surface area contributed by atoms with Crippen LogP contribution in [0.1, 0.15) is 37.0 Å². The highest BCUT2D eigenvalue weighted by Gasteiger charge is 2.22. The summed E-state index contributed by atoms with van der Waals surface area (Å²) in [6.45, 7) is 3.90. The van der Waals surface area contributed by atoms with Crippen molar-refractivity contribution in [1.29, 1.82) is 0 Å². The van der Waals surface area contributed by atoms with Crippen LogP contribution >= 0.6 is 0 Å². The Morgan fingerprint density at radius 2 is 1.83 bits per heavy atom. The van der Waals surface area contributed by atoms with Crippen LogP contribution in [0.15, 0.2) is 36.4 Å². The van der Waals surface area contributed by atoms with Crippen molar-refractivity contribution < 1.29 is 14.7 Å². The molecule has 2 rings (SSSR count). The maximum Gasteiger partial charge on any atom is 0.305 e. The minimum absolute atomic E-state index is 0.0664. The molecule has 0 aromatic heterocycles. The van der Waals surface area contributed by atoms with Crippen molar-refractivity contribution in [3.8, 4) is 0 Å². The first-order valence-corrected chi connectivity index (χ1v) is 7.73. The highest BCUT2D eigenvalue weighted by Crippen LogP contribution is 2.22. The first-order chi connectivity index (χ1) is 10.9. The topological polar surface area (TPSA) is 92.4 Å². The molecule has 0 bridgehead atoms. The third-order valence-electron chi connectivity index (χ3n) is 4.20. The number of anilines is 1. The molecule has 0 radical (unpaired) electrons. The minimum Gasteiger partial charge on any atom is -0.481 e. The number of nitrogen functional groups attached to an aromatic ring is 1. The number of nitrogens with one attached hydrogen (secondary N) is 1. The van der Waals surface area contributed by atoms with Gasteiger partial charge in [-0.3, -0.25) is 9.59 Å². The van der Waals surface area contributed by atoms with Gasteiger partial charge in [-0.25, -0.2) is 0 Å². The number of carbonyl (C=O) groups is 2. The van der Waals surface area contributed by atoms with Crippen molar-refractivity contribution in [1.82, 2.24) is 5.32 Å². The molecule has 2 aromatic carbocycles. The number of hydrogen-bond donors (Lipinski definition) is 3. The number of amides is 1. The third kappa shape index (κ3) is 4.00. The average Bonchev–Trinajstić information content (AvgIpc) is 2.52. The summed E-state index contributed by atoms with van der Waals surface area (Å²) in [5.74, 6) is -1.20. The Morgan fingerprint density at radius 3 is 2.39 bits per heavy atom. The lowest BCUT2D eigenvalue weighted by Crippen LogP contribution is -2.41. The van der Waals surface area contributed by atoms with Crippen LogP contribution in [-0.4, -0.2) is 23.0 Å². The number of rotatable bonds is 6. The van der Waals surface area contributed by atoms with Crippen LogP contribution in [0, 0.1) is 5.92 Å². The van der Waals surface area contributed by atoms with E-state index in [0.717, 1.165) is 17.2 Å². The summed E-state index contributed by atoms with van der Waals surface area (Å²) in [6, 6.07) is 10.7. The van der Waals surface area contributed by atoms with Crippen LogP contribution in [0.4, 0.5) is 5.69 Å². The quantitative estimate of drug-likeness (QED) is 0.715. The molecule has 0 aliphatic heterocycles. The molecule has 0 saturated carbocycles. The largest absolute Gasteiger partial charge is 0.481 e. The number of hydrogen-bond acceptors (Lipinski definition) is 3. The van der Waals surface area contributed by atoms with E-state index < -0.39 is 12.0 Å². The van der Waals surface area contributed by atoms with Crippen molar-refractivity contribution in [2.24, 2.45) is 5.92 Å². The van der Waals surface area contributed by atoms with Gasteiger partial charge in [-0.15, -0.1) is 0 Å². The summed E-state index contributed by atoms with van der Waals surface area (Å²) < 4.78 is 0. The molecule has 1 unspecified atom stereocenters. The van der Waals surface area contributed by atoms with Crippen LogP contribution in [0.5, 0.6) is 0 Å². The number of benzene rings is 2. The SMILES string of the molecule is CCC(C)[C@@H](CC(=O)O)NC(=O)c1cc2ccccc2cc1N. The Labute approximate surface area is 135 Å². The number of carboxylic acids is 1. The van der Waals surface area contributed by atoms with Gasteiger partial charge in [-0.1, -0.05) is 44.5 Å². The Hall–Kier alpha value is -2.56. The highest BCUT2D eigenvalue weighted by atomic mass is 16.4. The zero-order valence-electron chi connectivity index (χ0n) is 13.4. The molecule has 122 valence electrons. The van der Waals surface area contributed by atoms with Crippen molar-refractivity contribution in [3.05, 3.63) is 42.0 Å². The number of fused-ring (bicyclic) bond motifs is 1. The summed E-state index contributed by atoms with van der Waals surface area (Å²) >= 11 is 0. The maximum atomic E-state index is 12.5. The lowest BCUT2D eigenvalue weighted by Gasteiger charge is -2.23. The fraction of sp³-hybridized carbons (Fsp3) is 0.333. The Balaban J connectivity index is 2.28. The molecular weight excluding hydrogens is 292 g/mol. The Bertz CT molecular complexity index is 727. The van der Waals surface area contributed by atoms with E-state index in [1.165, 1.54) is 0 Å². The van der Waals surface area contributed by atoms with E-state index in [1.54, 1.807) is 12.1 Å². The van der Waals surface area contributed by atoms with Gasteiger partial charge in [-0.05, 0) is 28.8 Å². The summed E-state index contributed by atoms with van der Waals surface area (Å²) in [7, 11) is 0. The molecule has 23 heavy (non-hydrogen) atoms. The van der Waals surface area contributed by atoms with Gasteiger partial charge in [-0.2, -0.15) is 0 Å². The molecule has 0 fully saturated rings. The van der Waals surface area contributed by atoms with Gasteiger partial charge in [0.25, 0.3) is 5.91 Å². The first kappa shape index (κ1) is 16.8. The first-order valence-electron chi connectivity index (χ1n) is 7.73. The van der Waals surface area contributed by atoms with E-state index >= 15 is 0 Å². The van der Waals surface area contributed by atoms with Gasteiger partial charge < -0.3 is 16.2 Å². The molecule has 0 heterocycles. The predicted octanol–water partition coefficient (Wildman–Crippen LogP) is 3.04. The minimum atomic E-state index is -0.929. The molecule has 0 saturated heterocycles. The van der Waals surface area contributed by atoms with Gasteiger partial charge in [0.1, 0.15) is 0 Å². The van der Waals surface area contributed by atoms with Crippen LogP contribution < -0.4 is 11.1 Å². The van der Waals surface area contributed by atoms with E-state index in [-0.39, 0.29) is 18.2 Å². The fourth-order valence-corrected chi connectivity index (χ4v) is 2.57. The maximum absolute atomic E-state index is 12.5. The molecule has 2 aromatic rings. The normalized spacial score (nSPS) is 13.5. The van der Waals surface area contributed by atoms with Crippen molar-refractivity contribution in [2.45, 2.75) is 32.7 Å². The molecule has 0 spiro atoms. The van der Waals surface area contributed by atoms with E-state index in [9.17, 15) is 9.59 Å². The van der Waals surface area contributed by atoms with E-state index in [2.05, 4.69) is 5.32 Å². The predicted molar refractivity (Wildman–Crippen MR) is 91.3 cm³/mol. The third-order valence-corrected chi connectivity index (χ3v) is 4.20. The second-order valence-electron chi connectivity index (χ2n) is 5.85. The molecule has 4 N–H and O–H groups in total. The number of carboxylic acid groups (broad SMARTS) is 1. The lowest BCUT2D eigenvalue weighted by molar-refractivity contribution is -0.137. The number of nitrogens with two attached hydrogens (primary N) is 1. The van der Waals surface area contributed by atoms with Crippen LogP contribution in [0.25, 0.3) is 10.8 Å². The van der Waals surface area contributed by atoms with Gasteiger partial charge in [0, 0.05) is 11.7 Å². The summed E-state index contributed by atoms with van der Waals surface area (Å²) in [6.07, 6.45) is 0.680. The number of aliphatic carboxylic acids is 1. The Morgan fingerprint density at radius 1 is 1.22 bits per heavy atom. The summed E-state index contributed by atoms with van der Waals surface area (Å²) in [5, 5.41) is 13.7. The van der Waals surface area contributed by atoms with Gasteiger partial charge in [0.15, 0.2) is 0 Å². The summed E-state index contributed by atoms with van der Waals surface area (Å²) in [4.78, 5) is 23.6. The molecular formula is C18H22N2O3. The van der Waals surface area contributed by atoms with Crippen molar-refractivity contribution in [2.75, 3.05) is 5.73 Å². The van der Waals surface area contributed by atoms with Crippen LogP contribution in [0.2, 0.25) is 0 Å². The van der Waals surface area contributed by atoms with Crippen LogP contribution in [-0.2, 0) is 4.79 Å². The van der Waals surface area contributed by atoms with Crippen molar-refractivity contribution >= 4 is 28.3 Å². The highest BCUT2D eigenvalue weighted by molar-refractivity contribution is 6.04. The van der Waals surface area contributed by atoms with Gasteiger partial charge in [0.05, 0.1) is 12.0 Å². The second kappa shape index (κ2) is 7.13. The smallest absolute Gasteiger partial charge is 0.305 e. The summed E-state index contributed by atoms with van der Waals surface area (Å²) in [5.41, 5.74) is 6.76. The van der Waals surface area contributed by atoms with E-state index in [1.807, 2.05) is 38.1 Å². The lowest BCUT2D eigenvalue weighted by atomic mass is 9.95. The van der Waals surface area contributed by atoms with E-state index in [0.29, 0.717) is 11.3 Å².